The number of carbonyl (C=O) groups is 1. The van der Waals surface area contributed by atoms with Gasteiger partial charge in [0.1, 0.15) is 29.6 Å². The van der Waals surface area contributed by atoms with E-state index in [0.717, 1.165) is 11.1 Å². The van der Waals surface area contributed by atoms with E-state index < -0.39 is 12.1 Å². The number of aliphatic carboxylic acids is 1. The molecule has 0 saturated heterocycles. The lowest BCUT2D eigenvalue weighted by molar-refractivity contribution is -0.149. The number of benzene rings is 2. The molecule has 3 aromatic rings. The van der Waals surface area contributed by atoms with E-state index in [-0.39, 0.29) is 18.4 Å². The number of hydrogen-bond donors (Lipinski definition) is 1. The van der Waals surface area contributed by atoms with Gasteiger partial charge in [-0.25, -0.2) is 9.78 Å². The van der Waals surface area contributed by atoms with Gasteiger partial charge in [-0.3, -0.25) is 0 Å². The average molecular weight is 482 g/mol. The second kappa shape index (κ2) is 11.4. The van der Waals surface area contributed by atoms with E-state index in [1.54, 1.807) is 19.1 Å². The van der Waals surface area contributed by atoms with Crippen molar-refractivity contribution in [2.45, 2.75) is 66.1 Å². The van der Waals surface area contributed by atoms with Gasteiger partial charge in [0.05, 0.1) is 6.61 Å². The van der Waals surface area contributed by atoms with Crippen molar-refractivity contribution in [1.29, 1.82) is 0 Å². The molecule has 0 fully saturated rings. The third-order valence-corrected chi connectivity index (χ3v) is 5.65. The minimum atomic E-state index is -1.00. The van der Waals surface area contributed by atoms with Crippen molar-refractivity contribution < 1.29 is 28.5 Å². The van der Waals surface area contributed by atoms with Crippen molar-refractivity contribution in [1.82, 2.24) is 4.98 Å². The van der Waals surface area contributed by atoms with Gasteiger partial charge in [0.15, 0.2) is 6.10 Å². The number of rotatable bonds is 11. The molecule has 1 aromatic heterocycles. The van der Waals surface area contributed by atoms with Gasteiger partial charge < -0.3 is 23.7 Å². The molecule has 0 unspecified atom stereocenters. The molecule has 0 aliphatic carbocycles. The van der Waals surface area contributed by atoms with Gasteiger partial charge in [-0.15, -0.1) is 0 Å². The van der Waals surface area contributed by atoms with Gasteiger partial charge in [-0.2, -0.15) is 0 Å². The maximum Gasteiger partial charge on any atom is 0.333 e. The molecule has 0 aliphatic rings. The lowest BCUT2D eigenvalue weighted by atomic mass is 9.87. The maximum atomic E-state index is 11.5. The van der Waals surface area contributed by atoms with Gasteiger partial charge in [0, 0.05) is 24.7 Å². The molecule has 0 aliphatic heterocycles. The van der Waals surface area contributed by atoms with Gasteiger partial charge >= 0.3 is 5.97 Å². The molecule has 0 amide bonds. The zero-order valence-corrected chi connectivity index (χ0v) is 21.4. The molecule has 0 spiro atoms. The van der Waals surface area contributed by atoms with Crippen LogP contribution < -0.4 is 9.47 Å². The van der Waals surface area contributed by atoms with Crippen LogP contribution in [0.1, 0.15) is 57.2 Å². The largest absolute Gasteiger partial charge is 0.493 e. The van der Waals surface area contributed by atoms with E-state index in [0.29, 0.717) is 42.1 Å². The molecule has 7 nitrogen and oxygen atoms in total. The summed E-state index contributed by atoms with van der Waals surface area (Å²) in [5, 5.41) is 9.40. The van der Waals surface area contributed by atoms with Crippen LogP contribution in [0, 0.1) is 6.92 Å². The minimum absolute atomic E-state index is 0.0808. The number of oxazole rings is 1. The molecular weight excluding hydrogens is 446 g/mol. The molecule has 7 heteroatoms. The molecule has 1 atom stereocenters. The zero-order valence-electron chi connectivity index (χ0n) is 21.4. The normalized spacial score (nSPS) is 12.4. The number of carboxylic acid groups (broad SMARTS) is 1. The summed E-state index contributed by atoms with van der Waals surface area (Å²) in [7, 11) is 0. The molecule has 1 heterocycles. The second-order valence-corrected chi connectivity index (χ2v) is 9.33. The van der Waals surface area contributed by atoms with Crippen molar-refractivity contribution >= 4 is 5.97 Å². The maximum absolute atomic E-state index is 11.5. The van der Waals surface area contributed by atoms with Crippen molar-refractivity contribution in [3.8, 4) is 23.0 Å². The first kappa shape index (κ1) is 26.3. The van der Waals surface area contributed by atoms with Crippen LogP contribution in [-0.4, -0.2) is 35.4 Å². The van der Waals surface area contributed by atoms with E-state index in [1.165, 1.54) is 5.56 Å². The lowest BCUT2D eigenvalue weighted by Crippen LogP contribution is -2.26. The first-order chi connectivity index (χ1) is 16.6. The molecule has 0 bridgehead atoms. The Hall–Kier alpha value is -3.32. The summed E-state index contributed by atoms with van der Waals surface area (Å²) in [6.45, 7) is 13.1. The summed E-state index contributed by atoms with van der Waals surface area (Å²) in [5.41, 5.74) is 3.70. The van der Waals surface area contributed by atoms with Crippen molar-refractivity contribution in [2.24, 2.45) is 0 Å². The minimum Gasteiger partial charge on any atom is -0.493 e. The van der Waals surface area contributed by atoms with Crippen LogP contribution in [0.5, 0.6) is 11.5 Å². The fourth-order valence-electron chi connectivity index (χ4n) is 3.65. The summed E-state index contributed by atoms with van der Waals surface area (Å²) in [5.74, 6) is 1.43. The van der Waals surface area contributed by atoms with Crippen molar-refractivity contribution in [2.75, 3.05) is 13.2 Å². The van der Waals surface area contributed by atoms with Crippen molar-refractivity contribution in [3.63, 3.8) is 0 Å². The molecule has 188 valence electrons. The van der Waals surface area contributed by atoms with E-state index in [1.807, 2.05) is 32.0 Å². The highest BCUT2D eigenvalue weighted by Crippen LogP contribution is 2.29. The molecule has 35 heavy (non-hydrogen) atoms. The Labute approximate surface area is 207 Å². The first-order valence-corrected chi connectivity index (χ1v) is 11.9. The van der Waals surface area contributed by atoms with Crippen LogP contribution in [0.15, 0.2) is 46.9 Å². The molecule has 3 rings (SSSR count). The van der Waals surface area contributed by atoms with Crippen LogP contribution in [0.2, 0.25) is 0 Å². The second-order valence-electron chi connectivity index (χ2n) is 9.33. The fraction of sp³-hybridized carbons (Fsp3) is 0.429. The number of carboxylic acids is 1. The van der Waals surface area contributed by atoms with Gasteiger partial charge in [-0.1, -0.05) is 39.0 Å². The number of hydrogen-bond acceptors (Lipinski definition) is 6. The van der Waals surface area contributed by atoms with E-state index in [2.05, 4.69) is 37.9 Å². The highest BCUT2D eigenvalue weighted by Gasteiger charge is 2.21. The molecular formula is C28H35NO6. The lowest BCUT2D eigenvalue weighted by Gasteiger charge is -2.18. The third-order valence-electron chi connectivity index (χ3n) is 5.65. The summed E-state index contributed by atoms with van der Waals surface area (Å²) in [4.78, 5) is 16.1. The smallest absolute Gasteiger partial charge is 0.333 e. The SMILES string of the molecule is CCOc1cc(OCc2nc(-c3ccc(C(C)(C)C)cc3)oc2C)ccc1C[C@H](OCC)C(=O)O. The summed E-state index contributed by atoms with van der Waals surface area (Å²) < 4.78 is 23.0. The fourth-order valence-corrected chi connectivity index (χ4v) is 3.65. The summed E-state index contributed by atoms with van der Waals surface area (Å²) in [6.07, 6.45) is -0.724. The number of aromatic nitrogens is 1. The quantitative estimate of drug-likeness (QED) is 0.361. The highest BCUT2D eigenvalue weighted by atomic mass is 16.5. The van der Waals surface area contributed by atoms with Crippen LogP contribution in [0.25, 0.3) is 11.5 Å². The van der Waals surface area contributed by atoms with E-state index in [9.17, 15) is 9.90 Å². The topological polar surface area (TPSA) is 91.0 Å². The molecule has 0 radical (unpaired) electrons. The molecule has 1 N–H and O–H groups in total. The Morgan fingerprint density at radius 3 is 2.37 bits per heavy atom. The Morgan fingerprint density at radius 1 is 1.06 bits per heavy atom. The number of nitrogens with zero attached hydrogens (tertiary/aromatic N) is 1. The number of ether oxygens (including phenoxy) is 3. The average Bonchev–Trinajstić information content (AvgIpc) is 3.18. The van der Waals surface area contributed by atoms with Crippen molar-refractivity contribution in [3.05, 3.63) is 65.0 Å². The Balaban J connectivity index is 1.73. The van der Waals surface area contributed by atoms with E-state index >= 15 is 0 Å². The first-order valence-electron chi connectivity index (χ1n) is 11.9. The zero-order chi connectivity index (χ0) is 25.6. The van der Waals surface area contributed by atoms with Gasteiger partial charge in [0.2, 0.25) is 5.89 Å². The Morgan fingerprint density at radius 2 is 1.77 bits per heavy atom. The van der Waals surface area contributed by atoms with Gasteiger partial charge in [0.25, 0.3) is 0 Å². The Kier molecular flexibility index (Phi) is 8.57. The molecule has 0 saturated carbocycles. The number of aryl methyl sites for hydroxylation is 1. The third kappa shape index (κ3) is 6.85. The predicted molar refractivity (Wildman–Crippen MR) is 134 cm³/mol. The van der Waals surface area contributed by atoms with Crippen LogP contribution in [0.3, 0.4) is 0 Å². The van der Waals surface area contributed by atoms with Crippen LogP contribution in [-0.2, 0) is 28.0 Å². The van der Waals surface area contributed by atoms with E-state index in [4.69, 9.17) is 18.6 Å². The summed E-state index contributed by atoms with van der Waals surface area (Å²) in [6, 6.07) is 13.6. The standard InChI is InChI=1S/C28H35NO6/c1-7-32-24-16-22(14-11-20(24)15-25(27(30)31)33-8-2)34-17-23-18(3)35-26(29-23)19-9-12-21(13-10-19)28(4,5)6/h9-14,16,25H,7-8,15,17H2,1-6H3,(H,30,31)/t25-/m0/s1. The van der Waals surface area contributed by atoms with Crippen LogP contribution in [0.4, 0.5) is 0 Å². The van der Waals surface area contributed by atoms with Crippen LogP contribution >= 0.6 is 0 Å². The summed E-state index contributed by atoms with van der Waals surface area (Å²) >= 11 is 0. The van der Waals surface area contributed by atoms with Gasteiger partial charge in [-0.05, 0) is 55.5 Å². The Bertz CT molecular complexity index is 1130. The molecule has 2 aromatic carbocycles. The highest BCUT2D eigenvalue weighted by molar-refractivity contribution is 5.73. The predicted octanol–water partition coefficient (Wildman–Crippen LogP) is 5.96. The monoisotopic (exact) mass is 481 g/mol.